The number of hydrogen-bond donors (Lipinski definition) is 2. The van der Waals surface area contributed by atoms with Crippen molar-refractivity contribution in [1.82, 2.24) is 10.3 Å². The fourth-order valence-corrected chi connectivity index (χ4v) is 2.98. The minimum absolute atomic E-state index is 0.149. The molecule has 0 bridgehead atoms. The second kappa shape index (κ2) is 7.93. The van der Waals surface area contributed by atoms with E-state index in [0.29, 0.717) is 6.54 Å². The molecular weight excluding hydrogens is 282 g/mol. The van der Waals surface area contributed by atoms with Gasteiger partial charge in [-0.15, -0.1) is 11.3 Å². The predicted octanol–water partition coefficient (Wildman–Crippen LogP) is 2.00. The Morgan fingerprint density at radius 2 is 2.05 bits per heavy atom. The smallest absolute Gasteiger partial charge is 0.242 e. The van der Waals surface area contributed by atoms with Crippen molar-refractivity contribution >= 4 is 17.2 Å². The summed E-state index contributed by atoms with van der Waals surface area (Å²) in [7, 11) is 2.04. The number of carbonyl (C=O) groups excluding carboxylic acids is 1. The molecule has 1 aromatic carbocycles. The quantitative estimate of drug-likeness (QED) is 0.467. The third-order valence-corrected chi connectivity index (χ3v) is 4.41. The van der Waals surface area contributed by atoms with Crippen molar-refractivity contribution in [2.45, 2.75) is 12.3 Å². The van der Waals surface area contributed by atoms with E-state index in [1.165, 1.54) is 4.88 Å². The van der Waals surface area contributed by atoms with Gasteiger partial charge in [-0.1, -0.05) is 36.4 Å². The van der Waals surface area contributed by atoms with Crippen molar-refractivity contribution < 1.29 is 4.79 Å². The normalized spacial score (nSPS) is 12.3. The summed E-state index contributed by atoms with van der Waals surface area (Å²) in [4.78, 5) is 15.6. The molecule has 3 N–H and O–H groups in total. The molecule has 0 fully saturated rings. The van der Waals surface area contributed by atoms with E-state index in [-0.39, 0.29) is 11.8 Å². The van der Waals surface area contributed by atoms with Gasteiger partial charge in [-0.25, -0.2) is 5.84 Å². The Morgan fingerprint density at radius 3 is 2.67 bits per heavy atom. The van der Waals surface area contributed by atoms with Gasteiger partial charge in [0.05, 0.1) is 5.92 Å². The molecule has 2 rings (SSSR count). The van der Waals surface area contributed by atoms with E-state index in [4.69, 9.17) is 5.84 Å². The van der Waals surface area contributed by atoms with Crippen molar-refractivity contribution in [3.05, 3.63) is 58.3 Å². The molecular formula is C16H21N3OS. The summed E-state index contributed by atoms with van der Waals surface area (Å²) < 4.78 is 0. The Labute approximate surface area is 129 Å². The van der Waals surface area contributed by atoms with Gasteiger partial charge in [0.25, 0.3) is 0 Å². The largest absolute Gasteiger partial charge is 0.305 e. The molecule has 0 aliphatic heterocycles. The van der Waals surface area contributed by atoms with Crippen molar-refractivity contribution in [2.24, 2.45) is 5.84 Å². The third-order valence-electron chi connectivity index (χ3n) is 3.47. The molecule has 0 radical (unpaired) electrons. The first-order chi connectivity index (χ1) is 10.2. The SMILES string of the molecule is CN(CCc1cccs1)CC(C(=O)NN)c1ccccc1. The Hall–Kier alpha value is -1.69. The van der Waals surface area contributed by atoms with Crippen molar-refractivity contribution in [3.63, 3.8) is 0 Å². The van der Waals surface area contributed by atoms with Gasteiger partial charge in [0, 0.05) is 18.0 Å². The van der Waals surface area contributed by atoms with Crippen LogP contribution in [0.3, 0.4) is 0 Å². The predicted molar refractivity (Wildman–Crippen MR) is 87.0 cm³/mol. The molecule has 2 aromatic rings. The average molecular weight is 303 g/mol. The highest BCUT2D eigenvalue weighted by atomic mass is 32.1. The summed E-state index contributed by atoms with van der Waals surface area (Å²) in [5.74, 6) is 4.93. The van der Waals surface area contributed by atoms with Gasteiger partial charge in [-0.05, 0) is 30.5 Å². The number of benzene rings is 1. The maximum absolute atomic E-state index is 12.0. The zero-order chi connectivity index (χ0) is 15.1. The second-order valence-corrected chi connectivity index (χ2v) is 6.10. The number of nitrogens with two attached hydrogens (primary N) is 1. The van der Waals surface area contributed by atoms with Crippen LogP contribution < -0.4 is 11.3 Å². The van der Waals surface area contributed by atoms with Crippen LogP contribution in [0, 0.1) is 0 Å². The summed E-state index contributed by atoms with van der Waals surface area (Å²) in [5.41, 5.74) is 3.26. The van der Waals surface area contributed by atoms with Crippen LogP contribution in [0.5, 0.6) is 0 Å². The maximum Gasteiger partial charge on any atom is 0.242 e. The van der Waals surface area contributed by atoms with Crippen LogP contribution in [0.1, 0.15) is 16.4 Å². The molecule has 0 spiro atoms. The van der Waals surface area contributed by atoms with E-state index in [9.17, 15) is 4.79 Å². The van der Waals surface area contributed by atoms with Gasteiger partial charge in [0.2, 0.25) is 5.91 Å². The molecule has 4 nitrogen and oxygen atoms in total. The van der Waals surface area contributed by atoms with E-state index < -0.39 is 0 Å². The van der Waals surface area contributed by atoms with Gasteiger partial charge in [-0.3, -0.25) is 10.2 Å². The Kier molecular flexibility index (Phi) is 5.92. The van der Waals surface area contributed by atoms with Crippen LogP contribution >= 0.6 is 11.3 Å². The molecule has 0 saturated carbocycles. The van der Waals surface area contributed by atoms with Gasteiger partial charge in [0.1, 0.15) is 0 Å². The van der Waals surface area contributed by atoms with Crippen molar-refractivity contribution in [1.29, 1.82) is 0 Å². The Bertz CT molecular complexity index is 542. The van der Waals surface area contributed by atoms with E-state index in [1.807, 2.05) is 37.4 Å². The number of carbonyl (C=O) groups is 1. The Balaban J connectivity index is 1.96. The van der Waals surface area contributed by atoms with Crippen LogP contribution in [0.2, 0.25) is 0 Å². The lowest BCUT2D eigenvalue weighted by molar-refractivity contribution is -0.123. The minimum Gasteiger partial charge on any atom is -0.305 e. The number of nitrogens with one attached hydrogen (secondary N) is 1. The molecule has 112 valence electrons. The molecule has 1 unspecified atom stereocenters. The number of hydrogen-bond acceptors (Lipinski definition) is 4. The molecule has 0 aliphatic rings. The van der Waals surface area contributed by atoms with Crippen LogP contribution in [-0.2, 0) is 11.2 Å². The molecule has 1 heterocycles. The fourth-order valence-electron chi connectivity index (χ4n) is 2.28. The third kappa shape index (κ3) is 4.67. The van der Waals surface area contributed by atoms with Crippen LogP contribution in [-0.4, -0.2) is 30.9 Å². The highest BCUT2D eigenvalue weighted by Gasteiger charge is 2.21. The summed E-state index contributed by atoms with van der Waals surface area (Å²) in [6, 6.07) is 14.0. The molecule has 1 aromatic heterocycles. The lowest BCUT2D eigenvalue weighted by Crippen LogP contribution is -2.40. The number of likely N-dealkylation sites (N-methyl/N-ethyl adjacent to an activating group) is 1. The molecule has 5 heteroatoms. The number of amides is 1. The first-order valence-corrected chi connectivity index (χ1v) is 7.85. The van der Waals surface area contributed by atoms with Crippen molar-refractivity contribution in [3.8, 4) is 0 Å². The summed E-state index contributed by atoms with van der Waals surface area (Å²) >= 11 is 1.77. The number of rotatable bonds is 7. The van der Waals surface area contributed by atoms with Crippen LogP contribution in [0.15, 0.2) is 47.8 Å². The fraction of sp³-hybridized carbons (Fsp3) is 0.312. The number of hydrazine groups is 1. The van der Waals surface area contributed by atoms with E-state index in [1.54, 1.807) is 11.3 Å². The standard InChI is InChI=1S/C16H21N3OS/c1-19(10-9-14-8-5-11-21-14)12-15(16(20)18-17)13-6-3-2-4-7-13/h2-8,11,15H,9-10,12,17H2,1H3,(H,18,20). The average Bonchev–Trinajstić information content (AvgIpc) is 3.04. The molecule has 21 heavy (non-hydrogen) atoms. The number of nitrogens with zero attached hydrogens (tertiary/aromatic N) is 1. The molecule has 1 amide bonds. The number of thiophene rings is 1. The zero-order valence-electron chi connectivity index (χ0n) is 12.2. The first-order valence-electron chi connectivity index (χ1n) is 6.97. The lowest BCUT2D eigenvalue weighted by Gasteiger charge is -2.23. The first kappa shape index (κ1) is 15.7. The van der Waals surface area contributed by atoms with Gasteiger partial charge >= 0.3 is 0 Å². The summed E-state index contributed by atoms with van der Waals surface area (Å²) in [6.07, 6.45) is 1.000. The van der Waals surface area contributed by atoms with Gasteiger partial charge in [0.15, 0.2) is 0 Å². The van der Waals surface area contributed by atoms with E-state index >= 15 is 0 Å². The lowest BCUT2D eigenvalue weighted by atomic mass is 9.98. The molecule has 0 aliphatic carbocycles. The second-order valence-electron chi connectivity index (χ2n) is 5.06. The van der Waals surface area contributed by atoms with Crippen molar-refractivity contribution in [2.75, 3.05) is 20.1 Å². The zero-order valence-corrected chi connectivity index (χ0v) is 13.0. The highest BCUT2D eigenvalue weighted by molar-refractivity contribution is 7.09. The van der Waals surface area contributed by atoms with Crippen LogP contribution in [0.4, 0.5) is 0 Å². The summed E-state index contributed by atoms with van der Waals surface area (Å²) in [6.45, 7) is 1.57. The highest BCUT2D eigenvalue weighted by Crippen LogP contribution is 2.17. The molecule has 1 atom stereocenters. The van der Waals surface area contributed by atoms with Gasteiger partial charge < -0.3 is 4.90 Å². The van der Waals surface area contributed by atoms with Crippen LogP contribution in [0.25, 0.3) is 0 Å². The topological polar surface area (TPSA) is 58.4 Å². The maximum atomic E-state index is 12.0. The van der Waals surface area contributed by atoms with E-state index in [2.05, 4.69) is 27.8 Å². The summed E-state index contributed by atoms with van der Waals surface area (Å²) in [5, 5.41) is 2.09. The monoisotopic (exact) mass is 303 g/mol. The Morgan fingerprint density at radius 1 is 1.29 bits per heavy atom. The molecule has 0 saturated heterocycles. The minimum atomic E-state index is -0.246. The van der Waals surface area contributed by atoms with Gasteiger partial charge in [-0.2, -0.15) is 0 Å². The van der Waals surface area contributed by atoms with E-state index in [0.717, 1.165) is 18.5 Å².